The second-order valence-corrected chi connectivity index (χ2v) is 7.08. The van der Waals surface area contributed by atoms with Gasteiger partial charge in [0.15, 0.2) is 12.2 Å². The molecule has 1 aromatic carbocycles. The average Bonchev–Trinajstić information content (AvgIpc) is 2.56. The highest BCUT2D eigenvalue weighted by Gasteiger charge is 2.32. The number of amides is 1. The fraction of sp³-hybridized carbons (Fsp3) is 0.579. The molecular weight excluding hydrogens is 325 g/mol. The van der Waals surface area contributed by atoms with Crippen LogP contribution in [0.3, 0.4) is 0 Å². The molecule has 1 aliphatic rings. The van der Waals surface area contributed by atoms with Crippen LogP contribution in [0.25, 0.3) is 0 Å². The van der Waals surface area contributed by atoms with Gasteiger partial charge in [0.05, 0.1) is 0 Å². The van der Waals surface area contributed by atoms with E-state index >= 15 is 0 Å². The Labute approximate surface area is 147 Å². The molecule has 2 atom stereocenters. The van der Waals surface area contributed by atoms with Gasteiger partial charge < -0.3 is 14.8 Å². The van der Waals surface area contributed by atoms with E-state index in [9.17, 15) is 14.0 Å². The first-order valence-corrected chi connectivity index (χ1v) is 8.69. The molecule has 0 heterocycles. The minimum Gasteiger partial charge on any atom is -0.476 e. The van der Waals surface area contributed by atoms with Gasteiger partial charge in [-0.1, -0.05) is 19.8 Å². The van der Waals surface area contributed by atoms with Gasteiger partial charge in [-0.15, -0.1) is 0 Å². The lowest BCUT2D eigenvalue weighted by Gasteiger charge is -2.29. The molecule has 0 spiro atoms. The Balaban J connectivity index is 1.81. The van der Waals surface area contributed by atoms with Crippen molar-refractivity contribution in [3.05, 3.63) is 30.1 Å². The van der Waals surface area contributed by atoms with E-state index in [2.05, 4.69) is 12.2 Å². The van der Waals surface area contributed by atoms with Gasteiger partial charge in [0.1, 0.15) is 11.6 Å². The smallest absolute Gasteiger partial charge is 0.350 e. The highest BCUT2D eigenvalue weighted by atomic mass is 19.1. The molecule has 0 saturated heterocycles. The lowest BCUT2D eigenvalue weighted by molar-refractivity contribution is -0.162. The van der Waals surface area contributed by atoms with E-state index in [0.717, 1.165) is 19.3 Å². The molecule has 138 valence electrons. The summed E-state index contributed by atoms with van der Waals surface area (Å²) in [5, 5.41) is 2.93. The maximum absolute atomic E-state index is 12.9. The van der Waals surface area contributed by atoms with Crippen LogP contribution in [0.4, 0.5) is 4.39 Å². The van der Waals surface area contributed by atoms with Gasteiger partial charge in [0.2, 0.25) is 0 Å². The highest BCUT2D eigenvalue weighted by Crippen LogP contribution is 2.23. The molecule has 1 aliphatic carbocycles. The number of rotatable bonds is 6. The zero-order valence-electron chi connectivity index (χ0n) is 15.0. The third kappa shape index (κ3) is 5.73. The fourth-order valence-corrected chi connectivity index (χ4v) is 2.92. The molecule has 0 aliphatic heterocycles. The van der Waals surface area contributed by atoms with Crippen molar-refractivity contribution in [3.8, 4) is 5.75 Å². The van der Waals surface area contributed by atoms with E-state index in [0.29, 0.717) is 11.7 Å². The first-order valence-electron chi connectivity index (χ1n) is 8.69. The second-order valence-electron chi connectivity index (χ2n) is 7.08. The lowest BCUT2D eigenvalue weighted by atomic mass is 9.86. The van der Waals surface area contributed by atoms with Gasteiger partial charge in [0.25, 0.3) is 5.91 Å². The topological polar surface area (TPSA) is 64.6 Å². The minimum atomic E-state index is -1.28. The van der Waals surface area contributed by atoms with Gasteiger partial charge >= 0.3 is 5.97 Å². The maximum atomic E-state index is 12.9. The fourth-order valence-electron chi connectivity index (χ4n) is 2.92. The van der Waals surface area contributed by atoms with Crippen molar-refractivity contribution in [2.75, 3.05) is 6.61 Å². The summed E-state index contributed by atoms with van der Waals surface area (Å²) in [6.45, 7) is 4.87. The van der Waals surface area contributed by atoms with Crippen molar-refractivity contribution in [1.82, 2.24) is 5.32 Å². The number of carbonyl (C=O) groups excluding carboxylic acids is 2. The predicted molar refractivity (Wildman–Crippen MR) is 91.6 cm³/mol. The molecule has 2 rings (SSSR count). The summed E-state index contributed by atoms with van der Waals surface area (Å²) in [6, 6.07) is 5.50. The van der Waals surface area contributed by atoms with Crippen LogP contribution in [0, 0.1) is 11.7 Å². The molecule has 5 nitrogen and oxygen atoms in total. The number of carbonyl (C=O) groups is 2. The molecule has 6 heteroatoms. The summed E-state index contributed by atoms with van der Waals surface area (Å²) in [7, 11) is 0. The van der Waals surface area contributed by atoms with E-state index in [1.807, 2.05) is 0 Å². The Morgan fingerprint density at radius 3 is 2.48 bits per heavy atom. The van der Waals surface area contributed by atoms with E-state index in [1.165, 1.54) is 30.7 Å². The van der Waals surface area contributed by atoms with Crippen molar-refractivity contribution in [2.45, 2.75) is 58.1 Å². The summed E-state index contributed by atoms with van der Waals surface area (Å²) in [6.07, 6.45) is 4.36. The number of halogens is 1. The van der Waals surface area contributed by atoms with Crippen LogP contribution < -0.4 is 10.1 Å². The van der Waals surface area contributed by atoms with Crippen molar-refractivity contribution >= 4 is 11.9 Å². The molecule has 1 saturated carbocycles. The van der Waals surface area contributed by atoms with Crippen LogP contribution in [-0.4, -0.2) is 30.1 Å². The third-order valence-electron chi connectivity index (χ3n) is 4.47. The monoisotopic (exact) mass is 351 g/mol. The number of benzene rings is 1. The summed E-state index contributed by atoms with van der Waals surface area (Å²) < 4.78 is 23.6. The van der Waals surface area contributed by atoms with Gasteiger partial charge in [-0.3, -0.25) is 4.79 Å². The summed E-state index contributed by atoms with van der Waals surface area (Å²) >= 11 is 0. The number of esters is 1. The summed E-state index contributed by atoms with van der Waals surface area (Å²) in [4.78, 5) is 24.2. The van der Waals surface area contributed by atoms with E-state index in [4.69, 9.17) is 9.47 Å². The summed E-state index contributed by atoms with van der Waals surface area (Å²) in [5.74, 6) is -0.551. The molecule has 0 radical (unpaired) electrons. The van der Waals surface area contributed by atoms with Crippen LogP contribution in [0.5, 0.6) is 5.75 Å². The Hall–Kier alpha value is -2.11. The van der Waals surface area contributed by atoms with Gasteiger partial charge in [-0.05, 0) is 56.9 Å². The number of hydrogen-bond donors (Lipinski definition) is 1. The lowest BCUT2D eigenvalue weighted by Crippen LogP contribution is -2.45. The first-order chi connectivity index (χ1) is 11.8. The molecule has 1 N–H and O–H groups in total. The highest BCUT2D eigenvalue weighted by molar-refractivity contribution is 5.84. The van der Waals surface area contributed by atoms with Crippen LogP contribution >= 0.6 is 0 Å². The molecule has 25 heavy (non-hydrogen) atoms. The standard InChI is InChI=1S/C19H26FNO4/c1-13-6-4-5-7-16(13)21-17(22)12-24-18(23)19(2,3)25-15-10-8-14(20)9-11-15/h8-11,13,16H,4-7,12H2,1-3H3,(H,21,22)/t13-,16+/m1/s1. The van der Waals surface area contributed by atoms with Crippen LogP contribution in [0.2, 0.25) is 0 Å². The molecule has 1 aromatic rings. The van der Waals surface area contributed by atoms with Crippen LogP contribution in [0.1, 0.15) is 46.5 Å². The molecule has 1 fully saturated rings. The van der Waals surface area contributed by atoms with Crippen molar-refractivity contribution in [3.63, 3.8) is 0 Å². The van der Waals surface area contributed by atoms with E-state index < -0.39 is 11.6 Å². The molecule has 1 amide bonds. The van der Waals surface area contributed by atoms with Gasteiger partial charge in [0, 0.05) is 6.04 Å². The molecular formula is C19H26FNO4. The number of hydrogen-bond acceptors (Lipinski definition) is 4. The van der Waals surface area contributed by atoms with Gasteiger partial charge in [-0.2, -0.15) is 0 Å². The quantitative estimate of drug-likeness (QED) is 0.799. The van der Waals surface area contributed by atoms with Crippen molar-refractivity contribution in [1.29, 1.82) is 0 Å². The summed E-state index contributed by atoms with van der Waals surface area (Å²) in [5.41, 5.74) is -1.28. The van der Waals surface area contributed by atoms with E-state index in [-0.39, 0.29) is 24.4 Å². The normalized spacial score (nSPS) is 20.6. The van der Waals surface area contributed by atoms with Gasteiger partial charge in [-0.25, -0.2) is 9.18 Å². The van der Waals surface area contributed by atoms with Crippen molar-refractivity contribution in [2.24, 2.45) is 5.92 Å². The Bertz CT molecular complexity index is 600. The number of nitrogens with one attached hydrogen (secondary N) is 1. The Morgan fingerprint density at radius 2 is 1.84 bits per heavy atom. The molecule has 0 bridgehead atoms. The Kier molecular flexibility index (Phi) is 6.39. The minimum absolute atomic E-state index is 0.142. The third-order valence-corrected chi connectivity index (χ3v) is 4.47. The first kappa shape index (κ1) is 19.2. The van der Waals surface area contributed by atoms with Crippen molar-refractivity contribution < 1.29 is 23.5 Å². The second kappa shape index (κ2) is 8.32. The predicted octanol–water partition coefficient (Wildman–Crippen LogP) is 3.22. The Morgan fingerprint density at radius 1 is 1.20 bits per heavy atom. The van der Waals surface area contributed by atoms with Crippen LogP contribution in [0.15, 0.2) is 24.3 Å². The maximum Gasteiger partial charge on any atom is 0.350 e. The zero-order valence-corrected chi connectivity index (χ0v) is 15.0. The number of ether oxygens (including phenoxy) is 2. The average molecular weight is 351 g/mol. The SMILES string of the molecule is C[C@@H]1CCCC[C@@H]1NC(=O)COC(=O)C(C)(C)Oc1ccc(F)cc1. The zero-order chi connectivity index (χ0) is 18.4. The molecule has 0 unspecified atom stereocenters. The molecule has 0 aromatic heterocycles. The van der Waals surface area contributed by atoms with Crippen LogP contribution in [-0.2, 0) is 14.3 Å². The van der Waals surface area contributed by atoms with E-state index in [1.54, 1.807) is 13.8 Å². The largest absolute Gasteiger partial charge is 0.476 e.